The van der Waals surface area contributed by atoms with E-state index in [0.29, 0.717) is 12.1 Å². The van der Waals surface area contributed by atoms with E-state index in [-0.39, 0.29) is 10.3 Å². The largest absolute Gasteiger partial charge is 0.417 e. The third-order valence-electron chi connectivity index (χ3n) is 2.51. The first-order valence-electron chi connectivity index (χ1n) is 6.02. The minimum absolute atomic E-state index is 0.0605. The lowest BCUT2D eigenvalue weighted by Gasteiger charge is -2.09. The van der Waals surface area contributed by atoms with Gasteiger partial charge in [0.05, 0.1) is 5.56 Å². The van der Waals surface area contributed by atoms with Crippen molar-refractivity contribution in [1.29, 1.82) is 0 Å². The second-order valence-corrected chi connectivity index (χ2v) is 4.90. The van der Waals surface area contributed by atoms with Gasteiger partial charge in [0.2, 0.25) is 5.82 Å². The van der Waals surface area contributed by atoms with E-state index in [0.717, 1.165) is 12.5 Å². The van der Waals surface area contributed by atoms with Crippen molar-refractivity contribution < 1.29 is 13.2 Å². The van der Waals surface area contributed by atoms with E-state index in [1.807, 2.05) is 6.92 Å². The Bertz CT molecular complexity index is 697. The van der Waals surface area contributed by atoms with Gasteiger partial charge in [0.25, 0.3) is 0 Å². The van der Waals surface area contributed by atoms with Gasteiger partial charge in [-0.2, -0.15) is 18.0 Å². The first kappa shape index (κ1) is 15.5. The number of nitrogens with zero attached hydrogens (tertiary/aromatic N) is 4. The van der Waals surface area contributed by atoms with Crippen LogP contribution in [0.5, 0.6) is 0 Å². The lowest BCUT2D eigenvalue weighted by atomic mass is 10.1. The molecule has 0 saturated carbocycles. The highest BCUT2D eigenvalue weighted by Crippen LogP contribution is 2.36. The van der Waals surface area contributed by atoms with Gasteiger partial charge in [-0.1, -0.05) is 34.8 Å². The van der Waals surface area contributed by atoms with Gasteiger partial charge >= 0.3 is 6.18 Å². The minimum Gasteiger partial charge on any atom is -0.166 e. The smallest absolute Gasteiger partial charge is 0.166 e. The van der Waals surface area contributed by atoms with Crippen LogP contribution in [0.2, 0.25) is 0 Å². The molecule has 4 nitrogen and oxygen atoms in total. The predicted molar refractivity (Wildman–Crippen MR) is 74.0 cm³/mol. The zero-order valence-corrected chi connectivity index (χ0v) is 12.5. The number of aromatic nitrogens is 4. The van der Waals surface area contributed by atoms with Crippen molar-refractivity contribution in [2.45, 2.75) is 26.1 Å². The maximum absolute atomic E-state index is 12.7. The Hall–Kier alpha value is -1.88. The number of alkyl halides is 3. The Morgan fingerprint density at radius 3 is 2.67 bits per heavy atom. The van der Waals surface area contributed by atoms with E-state index in [1.54, 1.807) is 0 Å². The van der Waals surface area contributed by atoms with Gasteiger partial charge in [-0.25, -0.2) is 0 Å². The van der Waals surface area contributed by atoms with Gasteiger partial charge in [-0.3, -0.25) is 0 Å². The van der Waals surface area contributed by atoms with E-state index in [4.69, 9.17) is 0 Å². The average Bonchev–Trinajstić information content (AvgIpc) is 2.86. The number of benzene rings is 1. The number of rotatable bonds is 2. The van der Waals surface area contributed by atoms with Crippen LogP contribution >= 0.6 is 15.9 Å². The van der Waals surface area contributed by atoms with Crippen molar-refractivity contribution in [2.24, 2.45) is 0 Å². The fourth-order valence-corrected chi connectivity index (χ4v) is 2.17. The van der Waals surface area contributed by atoms with Crippen molar-refractivity contribution in [2.75, 3.05) is 0 Å². The summed E-state index contributed by atoms with van der Waals surface area (Å²) in [5, 5.41) is 11.7. The standard InChI is InChI=1S/C13H10BrF3N4/c1-2-3-4-7-21-19-12(18-20-21)9-5-6-10(11(14)8-9)13(15,16)17/h5-6,8H,2,7H2,1H3. The lowest BCUT2D eigenvalue weighted by molar-refractivity contribution is -0.138. The molecule has 0 N–H and O–H groups in total. The molecule has 2 rings (SSSR count). The summed E-state index contributed by atoms with van der Waals surface area (Å²) in [6.45, 7) is 2.22. The molecular formula is C13H10BrF3N4. The quantitative estimate of drug-likeness (QED) is 0.771. The SMILES string of the molecule is CCC#CCn1nnc(-c2ccc(C(F)(F)F)c(Br)c2)n1. The van der Waals surface area contributed by atoms with E-state index in [9.17, 15) is 13.2 Å². The molecule has 0 atom stereocenters. The summed E-state index contributed by atoms with van der Waals surface area (Å²) in [6, 6.07) is 3.62. The lowest BCUT2D eigenvalue weighted by Crippen LogP contribution is -2.05. The molecule has 0 unspecified atom stereocenters. The second-order valence-electron chi connectivity index (χ2n) is 4.04. The monoisotopic (exact) mass is 358 g/mol. The maximum Gasteiger partial charge on any atom is 0.417 e. The Balaban J connectivity index is 2.25. The molecule has 0 radical (unpaired) electrons. The third-order valence-corrected chi connectivity index (χ3v) is 3.16. The van der Waals surface area contributed by atoms with Crippen molar-refractivity contribution in [3.8, 4) is 23.2 Å². The van der Waals surface area contributed by atoms with Crippen molar-refractivity contribution in [3.63, 3.8) is 0 Å². The molecule has 0 saturated heterocycles. The number of halogens is 4. The van der Waals surface area contributed by atoms with Crippen molar-refractivity contribution in [1.82, 2.24) is 20.2 Å². The molecule has 0 fully saturated rings. The topological polar surface area (TPSA) is 43.6 Å². The molecule has 1 heterocycles. The van der Waals surface area contributed by atoms with Crippen LogP contribution in [0, 0.1) is 11.8 Å². The molecule has 8 heteroatoms. The predicted octanol–water partition coefficient (Wildman–Crippen LogP) is 3.53. The fraction of sp³-hybridized carbons (Fsp3) is 0.308. The Morgan fingerprint density at radius 1 is 1.29 bits per heavy atom. The molecule has 0 aliphatic heterocycles. The van der Waals surface area contributed by atoms with Gasteiger partial charge in [0, 0.05) is 16.5 Å². The Morgan fingerprint density at radius 2 is 2.05 bits per heavy atom. The molecule has 0 spiro atoms. The van der Waals surface area contributed by atoms with Gasteiger partial charge in [-0.05, 0) is 17.3 Å². The Labute approximate surface area is 127 Å². The molecule has 0 aliphatic carbocycles. The number of tetrazole rings is 1. The third kappa shape index (κ3) is 3.82. The first-order valence-corrected chi connectivity index (χ1v) is 6.81. The van der Waals surface area contributed by atoms with Gasteiger partial charge in [0.1, 0.15) is 6.54 Å². The summed E-state index contributed by atoms with van der Waals surface area (Å²) in [5.74, 6) is 5.97. The summed E-state index contributed by atoms with van der Waals surface area (Å²) in [4.78, 5) is 1.30. The molecule has 2 aromatic rings. The fourth-order valence-electron chi connectivity index (χ4n) is 1.56. The van der Waals surface area contributed by atoms with Crippen LogP contribution in [0.3, 0.4) is 0 Å². The van der Waals surface area contributed by atoms with E-state index in [1.165, 1.54) is 16.9 Å². The molecule has 0 amide bonds. The van der Waals surface area contributed by atoms with Crippen LogP contribution in [0.15, 0.2) is 22.7 Å². The first-order chi connectivity index (χ1) is 9.91. The van der Waals surface area contributed by atoms with Crippen LogP contribution in [0.25, 0.3) is 11.4 Å². The number of hydrogen-bond donors (Lipinski definition) is 0. The molecule has 21 heavy (non-hydrogen) atoms. The highest BCUT2D eigenvalue weighted by atomic mass is 79.9. The molecule has 1 aromatic heterocycles. The number of hydrogen-bond acceptors (Lipinski definition) is 3. The zero-order valence-electron chi connectivity index (χ0n) is 10.9. The van der Waals surface area contributed by atoms with E-state index < -0.39 is 11.7 Å². The Kier molecular flexibility index (Phi) is 4.63. The summed E-state index contributed by atoms with van der Waals surface area (Å²) in [5.41, 5.74) is -0.294. The van der Waals surface area contributed by atoms with Crippen LogP contribution < -0.4 is 0 Å². The zero-order chi connectivity index (χ0) is 15.5. The van der Waals surface area contributed by atoms with Crippen LogP contribution in [-0.2, 0) is 12.7 Å². The molecule has 0 bridgehead atoms. The van der Waals surface area contributed by atoms with Crippen LogP contribution in [0.1, 0.15) is 18.9 Å². The minimum atomic E-state index is -4.40. The molecule has 0 aliphatic rings. The van der Waals surface area contributed by atoms with Crippen LogP contribution in [0.4, 0.5) is 13.2 Å². The summed E-state index contributed by atoms with van der Waals surface area (Å²) in [7, 11) is 0. The molecular weight excluding hydrogens is 349 g/mol. The summed E-state index contributed by atoms with van der Waals surface area (Å²) in [6.07, 6.45) is -3.68. The molecule has 1 aromatic carbocycles. The highest BCUT2D eigenvalue weighted by Gasteiger charge is 2.33. The van der Waals surface area contributed by atoms with Gasteiger partial charge < -0.3 is 0 Å². The van der Waals surface area contributed by atoms with Crippen molar-refractivity contribution >= 4 is 15.9 Å². The van der Waals surface area contributed by atoms with Crippen molar-refractivity contribution in [3.05, 3.63) is 28.2 Å². The normalized spacial score (nSPS) is 11.1. The second kappa shape index (κ2) is 6.26. The van der Waals surface area contributed by atoms with Crippen LogP contribution in [-0.4, -0.2) is 20.2 Å². The maximum atomic E-state index is 12.7. The average molecular weight is 359 g/mol. The highest BCUT2D eigenvalue weighted by molar-refractivity contribution is 9.10. The molecule has 110 valence electrons. The van der Waals surface area contributed by atoms with E-state index >= 15 is 0 Å². The summed E-state index contributed by atoms with van der Waals surface area (Å²) < 4.78 is 37.9. The van der Waals surface area contributed by atoms with Gasteiger partial charge in [0.15, 0.2) is 0 Å². The summed E-state index contributed by atoms with van der Waals surface area (Å²) >= 11 is 2.91. The van der Waals surface area contributed by atoms with E-state index in [2.05, 4.69) is 43.2 Å². The van der Waals surface area contributed by atoms with Gasteiger partial charge in [-0.15, -0.1) is 16.1 Å².